The Bertz CT molecular complexity index is 844. The van der Waals surface area contributed by atoms with Crippen LogP contribution in [0.3, 0.4) is 0 Å². The van der Waals surface area contributed by atoms with Crippen LogP contribution in [0.15, 0.2) is 36.5 Å². The third kappa shape index (κ3) is 6.74. The zero-order valence-electron chi connectivity index (χ0n) is 16.0. The molecule has 1 heterocycles. The van der Waals surface area contributed by atoms with Crippen LogP contribution in [0.2, 0.25) is 5.02 Å². The fourth-order valence-corrected chi connectivity index (χ4v) is 3.06. The van der Waals surface area contributed by atoms with Crippen LogP contribution in [-0.2, 0) is 4.79 Å². The van der Waals surface area contributed by atoms with Gasteiger partial charge in [-0.2, -0.15) is 0 Å². The van der Waals surface area contributed by atoms with Crippen LogP contribution in [0.5, 0.6) is 5.75 Å². The molecule has 150 valence electrons. The highest BCUT2D eigenvalue weighted by Gasteiger charge is 2.13. The Hall–Kier alpha value is -2.80. The first-order chi connectivity index (χ1) is 13.2. The maximum absolute atomic E-state index is 11.2. The van der Waals surface area contributed by atoms with Crippen LogP contribution in [0.4, 0.5) is 10.6 Å². The van der Waals surface area contributed by atoms with E-state index in [1.807, 2.05) is 26.0 Å². The summed E-state index contributed by atoms with van der Waals surface area (Å²) in [6, 6.07) is 8.92. The number of amides is 2. The molecule has 0 spiro atoms. The van der Waals surface area contributed by atoms with Crippen LogP contribution < -0.4 is 15.4 Å². The molecule has 8 heteroatoms. The van der Waals surface area contributed by atoms with E-state index in [4.69, 9.17) is 21.4 Å². The normalized spacial score (nSPS) is 12.7. The number of pyridine rings is 1. The first-order valence-electron chi connectivity index (χ1n) is 8.90. The lowest BCUT2D eigenvalue weighted by Crippen LogP contribution is -2.33. The standard InChI is InChI=1S/C20H24ClN3O4/c1-12(8-13(2)23-20(26)27)11-28-18-5-4-15(9-17(18)21)16-6-7-22-19(10-16)24-14(3)25/h4-7,9-10,12-13,23H,8,11H2,1-3H3,(H,26,27)(H,22,24,25). The average Bonchev–Trinajstić information content (AvgIpc) is 2.59. The highest BCUT2D eigenvalue weighted by Crippen LogP contribution is 2.31. The van der Waals surface area contributed by atoms with Gasteiger partial charge in [0.05, 0.1) is 11.6 Å². The number of ether oxygens (including phenoxy) is 1. The molecule has 3 N–H and O–H groups in total. The van der Waals surface area contributed by atoms with Crippen molar-refractivity contribution >= 4 is 29.4 Å². The third-order valence-electron chi connectivity index (χ3n) is 3.98. The molecule has 0 radical (unpaired) electrons. The summed E-state index contributed by atoms with van der Waals surface area (Å²) in [7, 11) is 0. The summed E-state index contributed by atoms with van der Waals surface area (Å²) in [6.45, 7) is 5.66. The quantitative estimate of drug-likeness (QED) is 0.603. The van der Waals surface area contributed by atoms with Gasteiger partial charge in [-0.15, -0.1) is 0 Å². The summed E-state index contributed by atoms with van der Waals surface area (Å²) in [5.74, 6) is 0.998. The Morgan fingerprint density at radius 3 is 2.57 bits per heavy atom. The molecule has 7 nitrogen and oxygen atoms in total. The Morgan fingerprint density at radius 2 is 1.93 bits per heavy atom. The number of hydrogen-bond donors (Lipinski definition) is 3. The van der Waals surface area contributed by atoms with Gasteiger partial charge in [0.1, 0.15) is 11.6 Å². The van der Waals surface area contributed by atoms with Gasteiger partial charge < -0.3 is 20.5 Å². The van der Waals surface area contributed by atoms with E-state index < -0.39 is 6.09 Å². The molecule has 2 rings (SSSR count). The largest absolute Gasteiger partial charge is 0.492 e. The lowest BCUT2D eigenvalue weighted by Gasteiger charge is -2.18. The molecule has 1 aromatic carbocycles. The molecule has 0 aliphatic rings. The van der Waals surface area contributed by atoms with E-state index >= 15 is 0 Å². The van der Waals surface area contributed by atoms with Crippen molar-refractivity contribution in [3.05, 3.63) is 41.6 Å². The number of halogens is 1. The number of hydrogen-bond acceptors (Lipinski definition) is 4. The Labute approximate surface area is 169 Å². The fourth-order valence-electron chi connectivity index (χ4n) is 2.83. The maximum atomic E-state index is 11.2. The van der Waals surface area contributed by atoms with Crippen LogP contribution in [-0.4, -0.2) is 34.7 Å². The van der Waals surface area contributed by atoms with Crippen molar-refractivity contribution in [2.75, 3.05) is 11.9 Å². The zero-order valence-corrected chi connectivity index (χ0v) is 16.8. The minimum atomic E-state index is -1.03. The number of anilines is 1. The molecule has 2 aromatic rings. The number of rotatable bonds is 8. The SMILES string of the molecule is CC(=O)Nc1cc(-c2ccc(OCC(C)CC(C)NC(=O)O)c(Cl)c2)ccn1. The molecule has 2 amide bonds. The summed E-state index contributed by atoms with van der Waals surface area (Å²) in [4.78, 5) is 25.9. The molecule has 0 aliphatic heterocycles. The van der Waals surface area contributed by atoms with E-state index in [-0.39, 0.29) is 17.9 Å². The smallest absolute Gasteiger partial charge is 0.404 e. The summed E-state index contributed by atoms with van der Waals surface area (Å²) in [6.07, 6.45) is 1.25. The second-order valence-electron chi connectivity index (χ2n) is 6.76. The maximum Gasteiger partial charge on any atom is 0.404 e. The molecular formula is C20H24ClN3O4. The van der Waals surface area contributed by atoms with E-state index in [0.717, 1.165) is 11.1 Å². The Morgan fingerprint density at radius 1 is 1.21 bits per heavy atom. The summed E-state index contributed by atoms with van der Waals surface area (Å²) < 4.78 is 5.80. The number of benzene rings is 1. The zero-order chi connectivity index (χ0) is 20.7. The minimum Gasteiger partial charge on any atom is -0.492 e. The molecule has 0 bridgehead atoms. The summed E-state index contributed by atoms with van der Waals surface area (Å²) in [5, 5.41) is 14.3. The number of nitrogens with one attached hydrogen (secondary N) is 2. The molecule has 28 heavy (non-hydrogen) atoms. The van der Waals surface area contributed by atoms with Crippen molar-refractivity contribution in [1.29, 1.82) is 0 Å². The summed E-state index contributed by atoms with van der Waals surface area (Å²) >= 11 is 6.36. The fraction of sp³-hybridized carbons (Fsp3) is 0.350. The van der Waals surface area contributed by atoms with Crippen LogP contribution in [0, 0.1) is 5.92 Å². The van der Waals surface area contributed by atoms with Gasteiger partial charge in [0.25, 0.3) is 0 Å². The van der Waals surface area contributed by atoms with Crippen molar-refractivity contribution in [2.24, 2.45) is 5.92 Å². The minimum absolute atomic E-state index is 0.151. The molecule has 2 atom stereocenters. The van der Waals surface area contributed by atoms with E-state index in [0.29, 0.717) is 29.6 Å². The average molecular weight is 406 g/mol. The van der Waals surface area contributed by atoms with E-state index in [9.17, 15) is 9.59 Å². The van der Waals surface area contributed by atoms with Crippen LogP contribution >= 0.6 is 11.6 Å². The first-order valence-corrected chi connectivity index (χ1v) is 9.28. The monoisotopic (exact) mass is 405 g/mol. The molecular weight excluding hydrogens is 382 g/mol. The number of carbonyl (C=O) groups is 2. The van der Waals surface area contributed by atoms with Gasteiger partial charge in [-0.25, -0.2) is 9.78 Å². The molecule has 0 saturated carbocycles. The molecule has 0 saturated heterocycles. The second-order valence-corrected chi connectivity index (χ2v) is 7.17. The predicted octanol–water partition coefficient (Wildman–Crippen LogP) is 4.42. The molecule has 1 aromatic heterocycles. The predicted molar refractivity (Wildman–Crippen MR) is 109 cm³/mol. The molecule has 0 fully saturated rings. The van der Waals surface area contributed by atoms with Gasteiger partial charge in [-0.1, -0.05) is 24.6 Å². The number of aromatic nitrogens is 1. The van der Waals surface area contributed by atoms with E-state index in [1.54, 1.807) is 24.4 Å². The van der Waals surface area contributed by atoms with Crippen molar-refractivity contribution in [3.8, 4) is 16.9 Å². The van der Waals surface area contributed by atoms with E-state index in [1.165, 1.54) is 6.92 Å². The third-order valence-corrected chi connectivity index (χ3v) is 4.27. The van der Waals surface area contributed by atoms with Gasteiger partial charge in [0.15, 0.2) is 0 Å². The molecule has 2 unspecified atom stereocenters. The van der Waals surface area contributed by atoms with Crippen LogP contribution in [0.25, 0.3) is 11.1 Å². The topological polar surface area (TPSA) is 101 Å². The van der Waals surface area contributed by atoms with Crippen molar-refractivity contribution in [1.82, 2.24) is 10.3 Å². The number of carboxylic acid groups (broad SMARTS) is 1. The van der Waals surface area contributed by atoms with Gasteiger partial charge >= 0.3 is 6.09 Å². The van der Waals surface area contributed by atoms with Gasteiger partial charge in [0.2, 0.25) is 5.91 Å². The lowest BCUT2D eigenvalue weighted by atomic mass is 10.0. The first kappa shape index (κ1) is 21.5. The van der Waals surface area contributed by atoms with Gasteiger partial charge in [0, 0.05) is 19.2 Å². The molecule has 0 aliphatic carbocycles. The summed E-state index contributed by atoms with van der Waals surface area (Å²) in [5.41, 5.74) is 1.74. The van der Waals surface area contributed by atoms with Gasteiger partial charge in [-0.05, 0) is 54.7 Å². The van der Waals surface area contributed by atoms with Crippen LogP contribution in [0.1, 0.15) is 27.2 Å². The highest BCUT2D eigenvalue weighted by atomic mass is 35.5. The van der Waals surface area contributed by atoms with Gasteiger partial charge in [-0.3, -0.25) is 4.79 Å². The van der Waals surface area contributed by atoms with Crippen molar-refractivity contribution < 1.29 is 19.4 Å². The number of carbonyl (C=O) groups excluding carboxylic acids is 1. The van der Waals surface area contributed by atoms with Crippen molar-refractivity contribution in [3.63, 3.8) is 0 Å². The van der Waals surface area contributed by atoms with Crippen molar-refractivity contribution in [2.45, 2.75) is 33.2 Å². The number of nitrogens with zero attached hydrogens (tertiary/aromatic N) is 1. The highest BCUT2D eigenvalue weighted by molar-refractivity contribution is 6.32. The lowest BCUT2D eigenvalue weighted by molar-refractivity contribution is -0.114. The second kappa shape index (κ2) is 9.94. The van der Waals surface area contributed by atoms with E-state index in [2.05, 4.69) is 15.6 Å². The Kier molecular flexibility index (Phi) is 7.63. The Balaban J connectivity index is 2.00.